The number of rotatable bonds is 4. The monoisotopic (exact) mass is 213 g/mol. The maximum absolute atomic E-state index is 8.54. The molecular formula is C11H23N3O. The smallest absolute Gasteiger partial charge is 0.143 e. The third-order valence-corrected chi connectivity index (χ3v) is 3.41. The predicted molar refractivity (Wildman–Crippen MR) is 62.1 cm³/mol. The van der Waals surface area contributed by atoms with E-state index in [-0.39, 0.29) is 11.5 Å². The molecule has 1 atom stereocenters. The van der Waals surface area contributed by atoms with Crippen molar-refractivity contribution in [3.8, 4) is 0 Å². The van der Waals surface area contributed by atoms with Gasteiger partial charge in [-0.3, -0.25) is 0 Å². The molecule has 0 saturated heterocycles. The second kappa shape index (κ2) is 5.35. The van der Waals surface area contributed by atoms with E-state index in [1.807, 2.05) is 6.92 Å². The van der Waals surface area contributed by atoms with Gasteiger partial charge in [-0.2, -0.15) is 0 Å². The molecule has 0 radical (unpaired) electrons. The first kappa shape index (κ1) is 12.3. The number of hydrogen-bond acceptors (Lipinski definition) is 3. The summed E-state index contributed by atoms with van der Waals surface area (Å²) in [5.74, 6) is 0.399. The van der Waals surface area contributed by atoms with Crippen LogP contribution in [-0.4, -0.2) is 23.1 Å². The molecule has 88 valence electrons. The van der Waals surface area contributed by atoms with Crippen LogP contribution in [0.15, 0.2) is 5.16 Å². The Balaban J connectivity index is 2.35. The van der Waals surface area contributed by atoms with Crippen molar-refractivity contribution < 1.29 is 5.21 Å². The molecule has 0 aliphatic heterocycles. The molecule has 0 spiro atoms. The van der Waals surface area contributed by atoms with Gasteiger partial charge in [0, 0.05) is 18.0 Å². The van der Waals surface area contributed by atoms with Crippen LogP contribution in [0, 0.1) is 5.92 Å². The van der Waals surface area contributed by atoms with Gasteiger partial charge < -0.3 is 16.3 Å². The molecule has 1 fully saturated rings. The van der Waals surface area contributed by atoms with E-state index in [1.54, 1.807) is 0 Å². The van der Waals surface area contributed by atoms with E-state index in [0.29, 0.717) is 5.84 Å². The van der Waals surface area contributed by atoms with Gasteiger partial charge in [0.05, 0.1) is 0 Å². The van der Waals surface area contributed by atoms with Crippen molar-refractivity contribution >= 4 is 5.84 Å². The third-order valence-electron chi connectivity index (χ3n) is 3.41. The molecule has 0 aromatic carbocycles. The predicted octanol–water partition coefficient (Wildman–Crippen LogP) is 1.68. The number of oxime groups is 1. The van der Waals surface area contributed by atoms with Gasteiger partial charge in [0.2, 0.25) is 0 Å². The molecule has 1 saturated carbocycles. The highest BCUT2D eigenvalue weighted by Gasteiger charge is 2.26. The average molecular weight is 213 g/mol. The Hall–Kier alpha value is -0.770. The summed E-state index contributed by atoms with van der Waals surface area (Å²) < 4.78 is 0. The van der Waals surface area contributed by atoms with E-state index < -0.39 is 0 Å². The first-order valence-corrected chi connectivity index (χ1v) is 5.80. The molecule has 1 unspecified atom stereocenters. The Bertz CT molecular complexity index is 222. The summed E-state index contributed by atoms with van der Waals surface area (Å²) >= 11 is 0. The summed E-state index contributed by atoms with van der Waals surface area (Å²) in [6.45, 7) is 5.02. The molecule has 4 heteroatoms. The van der Waals surface area contributed by atoms with E-state index in [0.717, 1.165) is 6.54 Å². The van der Waals surface area contributed by atoms with Crippen molar-refractivity contribution in [3.63, 3.8) is 0 Å². The summed E-state index contributed by atoms with van der Waals surface area (Å²) in [5, 5.41) is 15.1. The van der Waals surface area contributed by atoms with Gasteiger partial charge in [-0.05, 0) is 19.8 Å². The van der Waals surface area contributed by atoms with Gasteiger partial charge in [-0.25, -0.2) is 0 Å². The fourth-order valence-electron chi connectivity index (χ4n) is 2.11. The third kappa shape index (κ3) is 3.70. The van der Waals surface area contributed by atoms with Gasteiger partial charge in [-0.1, -0.05) is 31.3 Å². The minimum atomic E-state index is 0.0914. The summed E-state index contributed by atoms with van der Waals surface area (Å²) in [6.07, 6.45) is 6.43. The van der Waals surface area contributed by atoms with E-state index in [9.17, 15) is 0 Å². The molecule has 0 bridgehead atoms. The summed E-state index contributed by atoms with van der Waals surface area (Å²) in [5.41, 5.74) is 5.79. The molecule has 0 aromatic rings. The van der Waals surface area contributed by atoms with Crippen LogP contribution in [0.2, 0.25) is 0 Å². The van der Waals surface area contributed by atoms with Crippen LogP contribution in [-0.2, 0) is 0 Å². The Morgan fingerprint density at radius 2 is 2.07 bits per heavy atom. The highest BCUT2D eigenvalue weighted by Crippen LogP contribution is 2.27. The molecule has 15 heavy (non-hydrogen) atoms. The summed E-state index contributed by atoms with van der Waals surface area (Å²) in [4.78, 5) is 0. The maximum atomic E-state index is 8.54. The number of nitrogens with one attached hydrogen (secondary N) is 1. The molecule has 4 N–H and O–H groups in total. The van der Waals surface area contributed by atoms with Gasteiger partial charge in [0.25, 0.3) is 0 Å². The molecule has 1 rings (SSSR count). The van der Waals surface area contributed by atoms with Gasteiger partial charge >= 0.3 is 0 Å². The largest absolute Gasteiger partial charge is 0.409 e. The molecule has 0 aromatic heterocycles. The van der Waals surface area contributed by atoms with Crippen LogP contribution < -0.4 is 11.1 Å². The van der Waals surface area contributed by atoms with Gasteiger partial charge in [0.1, 0.15) is 5.84 Å². The van der Waals surface area contributed by atoms with E-state index >= 15 is 0 Å². The lowest BCUT2D eigenvalue weighted by Gasteiger charge is -2.35. The van der Waals surface area contributed by atoms with E-state index in [1.165, 1.54) is 32.1 Å². The molecule has 4 nitrogen and oxygen atoms in total. The van der Waals surface area contributed by atoms with Gasteiger partial charge in [0.15, 0.2) is 0 Å². The first-order chi connectivity index (χ1) is 7.07. The van der Waals surface area contributed by atoms with Crippen LogP contribution in [0.25, 0.3) is 0 Å². The fourth-order valence-corrected chi connectivity index (χ4v) is 2.11. The normalized spacial score (nSPS) is 23.7. The number of hydrogen-bond donors (Lipinski definition) is 3. The van der Waals surface area contributed by atoms with Crippen LogP contribution in [0.5, 0.6) is 0 Å². The van der Waals surface area contributed by atoms with Crippen LogP contribution >= 0.6 is 0 Å². The van der Waals surface area contributed by atoms with Crippen molar-refractivity contribution in [2.75, 3.05) is 6.54 Å². The van der Waals surface area contributed by atoms with Crippen molar-refractivity contribution in [2.45, 2.75) is 51.5 Å². The lowest BCUT2D eigenvalue weighted by atomic mass is 9.83. The zero-order valence-electron chi connectivity index (χ0n) is 9.79. The minimum Gasteiger partial charge on any atom is -0.409 e. The Morgan fingerprint density at radius 1 is 1.47 bits per heavy atom. The van der Waals surface area contributed by atoms with E-state index in [4.69, 9.17) is 10.9 Å². The van der Waals surface area contributed by atoms with E-state index in [2.05, 4.69) is 17.4 Å². The minimum absolute atomic E-state index is 0.0914. The molecule has 1 aliphatic rings. The number of nitrogens with two attached hydrogens (primary N) is 1. The number of amidine groups is 1. The highest BCUT2D eigenvalue weighted by molar-refractivity contribution is 5.82. The fraction of sp³-hybridized carbons (Fsp3) is 0.909. The van der Waals surface area contributed by atoms with Gasteiger partial charge in [-0.15, -0.1) is 0 Å². The Morgan fingerprint density at radius 3 is 2.60 bits per heavy atom. The van der Waals surface area contributed by atoms with Crippen molar-refractivity contribution in [1.29, 1.82) is 0 Å². The van der Waals surface area contributed by atoms with Crippen LogP contribution in [0.1, 0.15) is 46.0 Å². The topological polar surface area (TPSA) is 70.6 Å². The lowest BCUT2D eigenvalue weighted by Crippen LogP contribution is -2.47. The van der Waals surface area contributed by atoms with Crippen molar-refractivity contribution in [1.82, 2.24) is 5.32 Å². The van der Waals surface area contributed by atoms with Crippen LogP contribution in [0.3, 0.4) is 0 Å². The lowest BCUT2D eigenvalue weighted by molar-refractivity contribution is 0.249. The first-order valence-electron chi connectivity index (χ1n) is 5.80. The highest BCUT2D eigenvalue weighted by atomic mass is 16.4. The quantitative estimate of drug-likeness (QED) is 0.288. The molecule has 0 heterocycles. The summed E-state index contributed by atoms with van der Waals surface area (Å²) in [7, 11) is 0. The van der Waals surface area contributed by atoms with Crippen molar-refractivity contribution in [2.24, 2.45) is 16.8 Å². The Labute approximate surface area is 91.9 Å². The molecule has 0 amide bonds. The second-order valence-corrected chi connectivity index (χ2v) is 4.93. The van der Waals surface area contributed by atoms with Crippen LogP contribution in [0.4, 0.5) is 0 Å². The van der Waals surface area contributed by atoms with Crippen molar-refractivity contribution in [3.05, 3.63) is 0 Å². The molecular weight excluding hydrogens is 190 g/mol. The average Bonchev–Trinajstić information content (AvgIpc) is 2.26. The maximum Gasteiger partial charge on any atom is 0.143 e. The SMILES string of the molecule is CC(CNC1(C)CCCCC1)C(N)=NO. The Kier molecular flexibility index (Phi) is 4.39. The zero-order valence-corrected chi connectivity index (χ0v) is 9.79. The standard InChI is InChI=1S/C11H23N3O/c1-9(10(12)14-15)8-13-11(2)6-4-3-5-7-11/h9,13,15H,3-8H2,1-2H3,(H2,12,14). The number of nitrogens with zero attached hydrogens (tertiary/aromatic N) is 1. The molecule has 1 aliphatic carbocycles. The second-order valence-electron chi connectivity index (χ2n) is 4.93. The summed E-state index contributed by atoms with van der Waals surface area (Å²) in [6, 6.07) is 0. The zero-order chi connectivity index (χ0) is 11.3.